The molecule has 2 atom stereocenters. The van der Waals surface area contributed by atoms with Crippen LogP contribution in [0.25, 0.3) is 0 Å². The predicted octanol–water partition coefficient (Wildman–Crippen LogP) is 0.935. The second-order valence-electron chi connectivity index (χ2n) is 3.25. The van der Waals surface area contributed by atoms with Gasteiger partial charge in [0.2, 0.25) is 0 Å². The highest BCUT2D eigenvalue weighted by Gasteiger charge is 2.19. The maximum atomic E-state index is 3.45. The van der Waals surface area contributed by atoms with Crippen LogP contribution in [0.4, 0.5) is 0 Å². The van der Waals surface area contributed by atoms with Crippen LogP contribution < -0.4 is 5.32 Å². The highest BCUT2D eigenvalue weighted by molar-refractivity contribution is 4.79. The topological polar surface area (TPSA) is 15.3 Å². The van der Waals surface area contributed by atoms with E-state index < -0.39 is 0 Å². The Morgan fingerprint density at radius 3 is 2.80 bits per heavy atom. The molecule has 0 aromatic rings. The summed E-state index contributed by atoms with van der Waals surface area (Å²) in [5.74, 6) is 0. The molecule has 0 aromatic carbocycles. The van der Waals surface area contributed by atoms with Crippen LogP contribution >= 0.6 is 0 Å². The van der Waals surface area contributed by atoms with E-state index in [0.717, 1.165) is 12.6 Å². The van der Waals surface area contributed by atoms with Crippen molar-refractivity contribution in [3.05, 3.63) is 0 Å². The maximum Gasteiger partial charge on any atom is 0.0193 e. The summed E-state index contributed by atoms with van der Waals surface area (Å²) in [5, 5.41) is 3.45. The Bertz CT molecular complexity index is 108. The van der Waals surface area contributed by atoms with Gasteiger partial charge in [-0.3, -0.25) is 4.90 Å². The number of nitrogens with zero attached hydrogens (tertiary/aromatic N) is 1. The van der Waals surface area contributed by atoms with Crippen LogP contribution in [0.1, 0.15) is 22.2 Å². The summed E-state index contributed by atoms with van der Waals surface area (Å²) in [6, 6.07) is 1.40. The molecule has 1 N–H and O–H groups in total. The van der Waals surface area contributed by atoms with Crippen LogP contribution in [-0.4, -0.2) is 36.6 Å². The monoisotopic (exact) mass is 144 g/mol. The number of likely N-dealkylation sites (N-methyl/N-ethyl adjacent to an activating group) is 1. The lowest BCUT2D eigenvalue weighted by Gasteiger charge is -2.36. The average molecular weight is 144 g/mol. The fourth-order valence-corrected chi connectivity index (χ4v) is 1.54. The zero-order valence-corrected chi connectivity index (χ0v) is 7.22. The van der Waals surface area contributed by atoms with E-state index in [4.69, 9.17) is 0 Å². The molecule has 0 spiro atoms. The van der Waals surface area contributed by atoms with Crippen molar-refractivity contribution in [2.75, 3.05) is 19.6 Å². The van der Waals surface area contributed by atoms with E-state index in [0.29, 0.717) is 6.04 Å². The molecule has 1 fully saturated rings. The molecule has 0 aliphatic carbocycles. The molecular weight excluding hydrogens is 124 g/mol. The van der Waals surface area contributed by atoms with E-state index >= 15 is 0 Å². The van der Waals surface area contributed by atoms with E-state index in [9.17, 15) is 0 Å². The zero-order chi connectivity index (χ0) is 7.56. The third-order valence-corrected chi connectivity index (χ3v) is 2.30. The van der Waals surface area contributed by atoms with Crippen molar-refractivity contribution >= 4 is 0 Å². The summed E-state index contributed by atoms with van der Waals surface area (Å²) in [6.45, 7) is 10.3. The average Bonchev–Trinajstić information content (AvgIpc) is 1.94. The van der Waals surface area contributed by atoms with Crippen LogP contribution in [0, 0.1) is 0 Å². The summed E-state index contributed by atoms with van der Waals surface area (Å²) in [5.41, 5.74) is 0. The molecule has 2 heteroatoms. The van der Waals surface area contributed by atoms with Crippen molar-refractivity contribution in [2.45, 2.75) is 32.9 Å². The molecule has 1 rings (SSSR count). The van der Waals surface area contributed by atoms with Crippen LogP contribution in [0.3, 0.4) is 0 Å². The largest absolute Gasteiger partial charge is 0.311 e. The molecule has 1 aliphatic rings. The van der Waals surface area contributed by atoms with Gasteiger partial charge in [0.05, 0.1) is 0 Å². The van der Waals surface area contributed by atoms with Gasteiger partial charge >= 0.3 is 0 Å². The summed E-state index contributed by atoms with van der Waals surface area (Å²) < 4.78 is 0. The van der Waals surface area contributed by atoms with Gasteiger partial charge in [-0.2, -0.15) is 0 Å². The number of nitrogens with one attached hydrogen (secondary N) is 1. The molecule has 0 amide bonds. The molecule has 0 saturated carbocycles. The van der Waals surface area contributed by atoms with E-state index in [-0.39, 0.29) is 1.43 Å². The molecule has 1 heterocycles. The Morgan fingerprint density at radius 1 is 1.60 bits per heavy atom. The first-order valence-electron chi connectivity index (χ1n) is 4.21. The standard InChI is InChI=1S/C8H18N2.H2/c1-4-10-6-7(2)9-5-8(10)3;/h7-9H,4-6H2,1-3H3;1H/t7-,8?;/m1./s1. The minimum absolute atomic E-state index is 0. The SMILES string of the molecule is CCN1C[C@@H](C)NCC1C.[HH]. The summed E-state index contributed by atoms with van der Waals surface area (Å²) >= 11 is 0. The lowest BCUT2D eigenvalue weighted by atomic mass is 10.1. The molecule has 0 radical (unpaired) electrons. The van der Waals surface area contributed by atoms with Crippen LogP contribution in [-0.2, 0) is 0 Å². The minimum atomic E-state index is 0. The van der Waals surface area contributed by atoms with Crippen LogP contribution in [0.15, 0.2) is 0 Å². The van der Waals surface area contributed by atoms with Crippen LogP contribution in [0.5, 0.6) is 0 Å². The normalized spacial score (nSPS) is 36.3. The number of rotatable bonds is 1. The molecule has 2 nitrogen and oxygen atoms in total. The van der Waals surface area contributed by atoms with Crippen molar-refractivity contribution in [3.8, 4) is 0 Å². The second kappa shape index (κ2) is 3.35. The number of hydrogen-bond acceptors (Lipinski definition) is 2. The fourth-order valence-electron chi connectivity index (χ4n) is 1.54. The zero-order valence-electron chi connectivity index (χ0n) is 7.22. The highest BCUT2D eigenvalue weighted by Crippen LogP contribution is 2.04. The molecule has 1 saturated heterocycles. The maximum absolute atomic E-state index is 3.45. The van der Waals surface area contributed by atoms with Gasteiger partial charge in [-0.15, -0.1) is 0 Å². The van der Waals surface area contributed by atoms with Crippen molar-refractivity contribution in [1.29, 1.82) is 0 Å². The van der Waals surface area contributed by atoms with Gasteiger partial charge in [-0.1, -0.05) is 6.92 Å². The third-order valence-electron chi connectivity index (χ3n) is 2.30. The second-order valence-corrected chi connectivity index (χ2v) is 3.25. The Labute approximate surface area is 65.1 Å². The van der Waals surface area contributed by atoms with Crippen molar-refractivity contribution in [3.63, 3.8) is 0 Å². The Kier molecular flexibility index (Phi) is 2.69. The Morgan fingerprint density at radius 2 is 2.30 bits per heavy atom. The Balaban J connectivity index is 0.000001000. The first-order chi connectivity index (χ1) is 4.74. The van der Waals surface area contributed by atoms with Crippen molar-refractivity contribution in [1.82, 2.24) is 10.2 Å². The van der Waals surface area contributed by atoms with Gasteiger partial charge in [-0.25, -0.2) is 0 Å². The molecule has 1 unspecified atom stereocenters. The fraction of sp³-hybridized carbons (Fsp3) is 1.00. The molecular formula is C8H20N2. The van der Waals surface area contributed by atoms with Crippen molar-refractivity contribution < 1.29 is 1.43 Å². The first kappa shape index (κ1) is 8.02. The van der Waals surface area contributed by atoms with Gasteiger partial charge in [0, 0.05) is 26.6 Å². The molecule has 62 valence electrons. The van der Waals surface area contributed by atoms with E-state index in [1.54, 1.807) is 0 Å². The lowest BCUT2D eigenvalue weighted by Crippen LogP contribution is -2.53. The molecule has 0 bridgehead atoms. The van der Waals surface area contributed by atoms with E-state index in [1.165, 1.54) is 13.1 Å². The molecule has 1 aliphatic heterocycles. The molecule has 10 heavy (non-hydrogen) atoms. The lowest BCUT2D eigenvalue weighted by molar-refractivity contribution is 0.154. The predicted molar refractivity (Wildman–Crippen MR) is 46.3 cm³/mol. The number of piperazine rings is 1. The number of hydrogen-bond donors (Lipinski definition) is 1. The smallest absolute Gasteiger partial charge is 0.0193 e. The Hall–Kier alpha value is -0.0800. The van der Waals surface area contributed by atoms with Crippen molar-refractivity contribution in [2.24, 2.45) is 0 Å². The van der Waals surface area contributed by atoms with Gasteiger partial charge in [0.25, 0.3) is 0 Å². The van der Waals surface area contributed by atoms with Gasteiger partial charge in [0.1, 0.15) is 0 Å². The first-order valence-corrected chi connectivity index (χ1v) is 4.21. The highest BCUT2D eigenvalue weighted by atomic mass is 15.2. The quantitative estimate of drug-likeness (QED) is 0.589. The van der Waals surface area contributed by atoms with Crippen LogP contribution in [0.2, 0.25) is 0 Å². The third kappa shape index (κ3) is 1.70. The van der Waals surface area contributed by atoms with E-state index in [2.05, 4.69) is 31.0 Å². The van der Waals surface area contributed by atoms with Gasteiger partial charge in [-0.05, 0) is 20.4 Å². The summed E-state index contributed by atoms with van der Waals surface area (Å²) in [7, 11) is 0. The minimum Gasteiger partial charge on any atom is -0.311 e. The van der Waals surface area contributed by atoms with Gasteiger partial charge < -0.3 is 5.32 Å². The summed E-state index contributed by atoms with van der Waals surface area (Å²) in [4.78, 5) is 2.52. The summed E-state index contributed by atoms with van der Waals surface area (Å²) in [6.07, 6.45) is 0. The molecule has 0 aromatic heterocycles. The van der Waals surface area contributed by atoms with Gasteiger partial charge in [0.15, 0.2) is 0 Å². The van der Waals surface area contributed by atoms with E-state index in [1.807, 2.05) is 0 Å².